The van der Waals surface area contributed by atoms with Gasteiger partial charge >= 0.3 is 0 Å². The quantitative estimate of drug-likeness (QED) is 0.672. The molecule has 7 nitrogen and oxygen atoms in total. The van der Waals surface area contributed by atoms with Crippen molar-refractivity contribution in [1.29, 1.82) is 5.26 Å². The van der Waals surface area contributed by atoms with Gasteiger partial charge in [-0.25, -0.2) is 0 Å². The van der Waals surface area contributed by atoms with Crippen molar-refractivity contribution >= 4 is 5.78 Å². The molecule has 0 aromatic heterocycles. The monoisotopic (exact) mass is 355 g/mol. The zero-order valence-corrected chi connectivity index (χ0v) is 13.6. The number of hydrogen-bond acceptors (Lipinski definition) is 7. The van der Waals surface area contributed by atoms with E-state index in [9.17, 15) is 15.0 Å². The van der Waals surface area contributed by atoms with Crippen LogP contribution in [0.5, 0.6) is 5.75 Å². The van der Waals surface area contributed by atoms with Crippen molar-refractivity contribution < 1.29 is 29.6 Å². The van der Waals surface area contributed by atoms with Gasteiger partial charge in [0.05, 0.1) is 18.2 Å². The molecule has 26 heavy (non-hydrogen) atoms. The predicted molar refractivity (Wildman–Crippen MR) is 89.4 cm³/mol. The maximum atomic E-state index is 12.4. The summed E-state index contributed by atoms with van der Waals surface area (Å²) in [5, 5.41) is 37.4. The van der Waals surface area contributed by atoms with Crippen LogP contribution in [0.3, 0.4) is 0 Å². The van der Waals surface area contributed by atoms with Crippen molar-refractivity contribution in [1.82, 2.24) is 0 Å². The second-order valence-electron chi connectivity index (χ2n) is 5.87. The fourth-order valence-corrected chi connectivity index (χ4v) is 2.64. The maximum Gasteiger partial charge on any atom is 0.229 e. The first-order valence-electron chi connectivity index (χ1n) is 7.97. The lowest BCUT2D eigenvalue weighted by atomic mass is 10.0. The van der Waals surface area contributed by atoms with Crippen LogP contribution in [0.4, 0.5) is 0 Å². The molecule has 0 radical (unpaired) electrons. The third-order valence-electron chi connectivity index (χ3n) is 4.14. The number of nitriles is 1. The van der Waals surface area contributed by atoms with E-state index in [4.69, 9.17) is 19.8 Å². The van der Waals surface area contributed by atoms with Gasteiger partial charge in [-0.15, -0.1) is 0 Å². The Labute approximate surface area is 149 Å². The SMILES string of the molecule is N#Cc1ccc(C(=O)c2ccc(O[C@H]3O[C@@H](CO)[C@@H](O)[C@@H]3O)cc2)cc1. The third kappa shape index (κ3) is 3.59. The molecule has 1 saturated heterocycles. The predicted octanol–water partition coefficient (Wildman–Crippen LogP) is 0.607. The average molecular weight is 355 g/mol. The molecule has 7 heteroatoms. The van der Waals surface area contributed by atoms with Crippen molar-refractivity contribution in [2.75, 3.05) is 6.61 Å². The number of nitrogens with zero attached hydrogens (tertiary/aromatic N) is 1. The molecule has 0 saturated carbocycles. The molecule has 3 N–H and O–H groups in total. The Morgan fingerprint density at radius 2 is 1.62 bits per heavy atom. The second kappa shape index (κ2) is 7.64. The largest absolute Gasteiger partial charge is 0.462 e. The van der Waals surface area contributed by atoms with Crippen molar-refractivity contribution in [2.24, 2.45) is 0 Å². The summed E-state index contributed by atoms with van der Waals surface area (Å²) in [6, 6.07) is 14.5. The first-order chi connectivity index (χ1) is 12.5. The van der Waals surface area contributed by atoms with Crippen molar-refractivity contribution in [2.45, 2.75) is 24.6 Å². The van der Waals surface area contributed by atoms with Gasteiger partial charge in [-0.05, 0) is 48.5 Å². The summed E-state index contributed by atoms with van der Waals surface area (Å²) >= 11 is 0. The molecule has 1 heterocycles. The highest BCUT2D eigenvalue weighted by Crippen LogP contribution is 2.25. The molecule has 0 spiro atoms. The fraction of sp³-hybridized carbons (Fsp3) is 0.263. The summed E-state index contributed by atoms with van der Waals surface area (Å²) < 4.78 is 10.7. The van der Waals surface area contributed by atoms with Gasteiger partial charge in [-0.2, -0.15) is 5.26 Å². The Morgan fingerprint density at radius 1 is 1.04 bits per heavy atom. The van der Waals surface area contributed by atoms with E-state index in [0.717, 1.165) is 0 Å². The fourth-order valence-electron chi connectivity index (χ4n) is 2.64. The molecule has 2 aromatic carbocycles. The van der Waals surface area contributed by atoms with Gasteiger partial charge in [0.15, 0.2) is 5.78 Å². The number of rotatable bonds is 5. The van der Waals surface area contributed by atoms with E-state index in [1.165, 1.54) is 0 Å². The number of aliphatic hydroxyl groups excluding tert-OH is 3. The summed E-state index contributed by atoms with van der Waals surface area (Å²) in [7, 11) is 0. The number of carbonyl (C=O) groups is 1. The Kier molecular flexibility index (Phi) is 5.30. The van der Waals surface area contributed by atoms with Crippen LogP contribution in [0.15, 0.2) is 48.5 Å². The van der Waals surface area contributed by atoms with Crippen LogP contribution in [-0.2, 0) is 4.74 Å². The minimum atomic E-state index is -1.29. The van der Waals surface area contributed by atoms with Crippen LogP contribution in [-0.4, -0.2) is 52.3 Å². The van der Waals surface area contributed by atoms with E-state index in [1.54, 1.807) is 48.5 Å². The topological polar surface area (TPSA) is 120 Å². The molecule has 134 valence electrons. The first-order valence-corrected chi connectivity index (χ1v) is 7.97. The lowest BCUT2D eigenvalue weighted by molar-refractivity contribution is -0.116. The minimum absolute atomic E-state index is 0.200. The van der Waals surface area contributed by atoms with E-state index in [-0.39, 0.29) is 5.78 Å². The number of carbonyl (C=O) groups excluding carboxylic acids is 1. The van der Waals surface area contributed by atoms with E-state index in [0.29, 0.717) is 22.4 Å². The molecule has 1 aliphatic heterocycles. The molecule has 2 aromatic rings. The molecule has 0 unspecified atom stereocenters. The van der Waals surface area contributed by atoms with Gasteiger partial charge < -0.3 is 24.8 Å². The molecule has 1 fully saturated rings. The molecule has 3 rings (SSSR count). The Hall–Kier alpha value is -2.76. The molecule has 0 amide bonds. The summed E-state index contributed by atoms with van der Waals surface area (Å²) in [4.78, 5) is 12.4. The first kappa shape index (κ1) is 18.0. The summed E-state index contributed by atoms with van der Waals surface area (Å²) in [6.45, 7) is -0.434. The van der Waals surface area contributed by atoms with Crippen LogP contribution in [0.1, 0.15) is 21.5 Å². The van der Waals surface area contributed by atoms with Crippen LogP contribution in [0, 0.1) is 11.3 Å². The summed E-state index contributed by atoms with van der Waals surface area (Å²) in [5.41, 5.74) is 1.37. The highest BCUT2D eigenvalue weighted by atomic mass is 16.7. The normalized spacial score (nSPS) is 24.8. The number of ketones is 1. The number of benzene rings is 2. The molecular formula is C19H17NO6. The number of hydrogen-bond donors (Lipinski definition) is 3. The van der Waals surface area contributed by atoms with Crippen LogP contribution >= 0.6 is 0 Å². The van der Waals surface area contributed by atoms with E-state index >= 15 is 0 Å². The van der Waals surface area contributed by atoms with Gasteiger partial charge in [0.2, 0.25) is 6.29 Å². The third-order valence-corrected chi connectivity index (χ3v) is 4.14. The average Bonchev–Trinajstić information content (AvgIpc) is 2.96. The smallest absolute Gasteiger partial charge is 0.229 e. The van der Waals surface area contributed by atoms with Crippen molar-refractivity contribution in [3.05, 3.63) is 65.2 Å². The summed E-state index contributed by atoms with van der Waals surface area (Å²) in [5.74, 6) is 0.144. The summed E-state index contributed by atoms with van der Waals surface area (Å²) in [6.07, 6.45) is -4.54. The van der Waals surface area contributed by atoms with Crippen molar-refractivity contribution in [3.63, 3.8) is 0 Å². The number of aliphatic hydroxyl groups is 3. The van der Waals surface area contributed by atoms with Gasteiger partial charge in [-0.3, -0.25) is 4.79 Å². The highest BCUT2D eigenvalue weighted by molar-refractivity contribution is 6.09. The van der Waals surface area contributed by atoms with Crippen LogP contribution in [0.2, 0.25) is 0 Å². The van der Waals surface area contributed by atoms with Crippen molar-refractivity contribution in [3.8, 4) is 11.8 Å². The standard InChI is InChI=1S/C19H17NO6/c20-9-11-1-3-12(4-2-11)16(22)13-5-7-14(8-6-13)25-19-18(24)17(23)15(10-21)26-19/h1-8,15,17-19,21,23-24H,10H2/t15-,17+,18-,19-/m0/s1. The number of ether oxygens (including phenoxy) is 2. The molecule has 0 bridgehead atoms. The van der Waals surface area contributed by atoms with Gasteiger partial charge in [0.25, 0.3) is 0 Å². The zero-order chi connectivity index (χ0) is 18.7. The zero-order valence-electron chi connectivity index (χ0n) is 13.6. The molecule has 0 aliphatic carbocycles. The molecule has 4 atom stereocenters. The Morgan fingerprint density at radius 3 is 2.12 bits per heavy atom. The maximum absolute atomic E-state index is 12.4. The minimum Gasteiger partial charge on any atom is -0.462 e. The highest BCUT2D eigenvalue weighted by Gasteiger charge is 2.43. The van der Waals surface area contributed by atoms with Gasteiger partial charge in [0, 0.05) is 11.1 Å². The van der Waals surface area contributed by atoms with Crippen LogP contribution in [0.25, 0.3) is 0 Å². The van der Waals surface area contributed by atoms with Gasteiger partial charge in [0.1, 0.15) is 24.1 Å². The molecule has 1 aliphatic rings. The van der Waals surface area contributed by atoms with E-state index < -0.39 is 31.2 Å². The van der Waals surface area contributed by atoms with E-state index in [2.05, 4.69) is 0 Å². The second-order valence-corrected chi connectivity index (χ2v) is 5.87. The Balaban J connectivity index is 1.68. The molecular weight excluding hydrogens is 338 g/mol. The lowest BCUT2D eigenvalue weighted by Crippen LogP contribution is -2.35. The lowest BCUT2D eigenvalue weighted by Gasteiger charge is -2.16. The van der Waals surface area contributed by atoms with Gasteiger partial charge in [-0.1, -0.05) is 0 Å². The Bertz CT molecular complexity index is 811. The van der Waals surface area contributed by atoms with Crippen LogP contribution < -0.4 is 4.74 Å². The van der Waals surface area contributed by atoms with E-state index in [1.807, 2.05) is 6.07 Å².